The van der Waals surface area contributed by atoms with Crippen LogP contribution >= 0.6 is 0 Å². The van der Waals surface area contributed by atoms with Crippen LogP contribution in [0, 0.1) is 0 Å². The first-order valence-corrected chi connectivity index (χ1v) is 7.29. The molecule has 1 aromatic heterocycles. The quantitative estimate of drug-likeness (QED) is 0.649. The maximum absolute atomic E-state index is 2.31. The normalized spacial score (nSPS) is 13.0. The first-order valence-electron chi connectivity index (χ1n) is 7.29. The molecule has 0 atom stereocenters. The van der Waals surface area contributed by atoms with Gasteiger partial charge in [-0.25, -0.2) is 9.13 Å². The Kier molecular flexibility index (Phi) is 10.3. The third kappa shape index (κ3) is 7.58. The topological polar surface area (TPSA) is 15.3 Å². The molecule has 4 nitrogen and oxygen atoms in total. The van der Waals surface area contributed by atoms with Crippen molar-refractivity contribution in [2.75, 3.05) is 20.3 Å². The molecule has 0 saturated carbocycles. The van der Waals surface area contributed by atoms with E-state index in [1.54, 1.807) is 0 Å². The second-order valence-electron chi connectivity index (χ2n) is 5.18. The van der Waals surface area contributed by atoms with Gasteiger partial charge in [-0.1, -0.05) is 20.3 Å². The van der Waals surface area contributed by atoms with Gasteiger partial charge < -0.3 is 26.8 Å². The van der Waals surface area contributed by atoms with Crippen molar-refractivity contribution in [3.05, 3.63) is 31.1 Å². The number of unbranched alkanes of at least 4 members (excludes halogenated alkanes) is 1. The number of imidazole rings is 1. The highest BCUT2D eigenvalue weighted by molar-refractivity contribution is 4.87. The molecule has 116 valence electrons. The number of nitrogens with zero attached hydrogens (tertiary/aromatic N) is 4. The minimum atomic E-state index is 0. The maximum atomic E-state index is 2.31. The molecule has 0 aromatic carbocycles. The van der Waals surface area contributed by atoms with Crippen LogP contribution in [0.25, 0.3) is 0 Å². The summed E-state index contributed by atoms with van der Waals surface area (Å²) < 4.78 is 4.28. The van der Waals surface area contributed by atoms with Gasteiger partial charge in [0, 0.05) is 26.0 Å². The van der Waals surface area contributed by atoms with Crippen LogP contribution in [0.15, 0.2) is 31.1 Å². The number of halogens is 1. The van der Waals surface area contributed by atoms with Crippen LogP contribution in [0.5, 0.6) is 0 Å². The molecule has 2 rings (SSSR count). The van der Waals surface area contributed by atoms with Gasteiger partial charge in [-0.3, -0.25) is 0 Å². The third-order valence-electron chi connectivity index (χ3n) is 3.04. The van der Waals surface area contributed by atoms with Crippen LogP contribution in [0.3, 0.4) is 0 Å². The van der Waals surface area contributed by atoms with Gasteiger partial charge in [0.05, 0.1) is 20.3 Å². The first-order chi connectivity index (χ1) is 9.15. The number of aromatic nitrogens is 2. The number of aryl methyl sites for hydroxylation is 2. The summed E-state index contributed by atoms with van der Waals surface area (Å²) >= 11 is 0. The van der Waals surface area contributed by atoms with Crippen LogP contribution in [-0.2, 0) is 13.6 Å². The molecule has 0 amide bonds. The monoisotopic (exact) mass is 344 g/mol. The molecule has 0 unspecified atom stereocenters. The lowest BCUT2D eigenvalue weighted by Crippen LogP contribution is -3.00. The van der Waals surface area contributed by atoms with Crippen molar-refractivity contribution >= 4 is 0 Å². The Hall–Kier alpha value is -0.970. The van der Waals surface area contributed by atoms with Crippen LogP contribution < -0.4 is 21.5 Å². The van der Waals surface area contributed by atoms with E-state index in [1.807, 2.05) is 7.05 Å². The van der Waals surface area contributed by atoms with Gasteiger partial charge in [0.15, 0.2) is 0 Å². The lowest BCUT2D eigenvalue weighted by molar-refractivity contribution is -0.671. The number of hydrogen-bond donors (Lipinski definition) is 0. The zero-order chi connectivity index (χ0) is 14.1. The van der Waals surface area contributed by atoms with Gasteiger partial charge in [-0.2, -0.15) is 0 Å². The minimum Gasteiger partial charge on any atom is -1.00 e. The SMILES string of the molecule is CCCCn1cc[n+](C)c1.CCCN1C=CN(C)C1.[Br-]. The standard InChI is InChI=1S/C8H15N2.C7H14N2.BrH/c1-3-4-5-10-7-6-9(2)8-10;1-3-4-9-6-5-8(2)7-9;/h6-8H,3-5H2,1-2H3;5-6H,3-4,7H2,1-2H3;1H/q+1;;/p-1. The summed E-state index contributed by atoms with van der Waals surface area (Å²) in [6.07, 6.45) is 14.3. The second kappa shape index (κ2) is 10.8. The smallest absolute Gasteiger partial charge is 0.243 e. The van der Waals surface area contributed by atoms with E-state index in [1.165, 1.54) is 25.8 Å². The van der Waals surface area contributed by atoms with Gasteiger partial charge in [0.1, 0.15) is 12.4 Å². The van der Waals surface area contributed by atoms with E-state index in [0.717, 1.165) is 13.2 Å². The summed E-state index contributed by atoms with van der Waals surface area (Å²) in [5.41, 5.74) is 0. The number of hydrogen-bond acceptors (Lipinski definition) is 2. The summed E-state index contributed by atoms with van der Waals surface area (Å²) in [6, 6.07) is 0. The Morgan fingerprint density at radius 3 is 2.30 bits per heavy atom. The molecule has 2 heterocycles. The molecule has 1 aromatic rings. The van der Waals surface area contributed by atoms with Gasteiger partial charge in [-0.05, 0) is 12.8 Å². The van der Waals surface area contributed by atoms with Crippen LogP contribution in [0.2, 0.25) is 0 Å². The molecule has 0 fully saturated rings. The van der Waals surface area contributed by atoms with Crippen LogP contribution in [0.4, 0.5) is 0 Å². The molecular weight excluding hydrogens is 316 g/mol. The Morgan fingerprint density at radius 2 is 1.85 bits per heavy atom. The lowest BCUT2D eigenvalue weighted by atomic mass is 10.3. The van der Waals surface area contributed by atoms with Crippen molar-refractivity contribution < 1.29 is 21.5 Å². The van der Waals surface area contributed by atoms with Crippen molar-refractivity contribution in [3.63, 3.8) is 0 Å². The fourth-order valence-electron chi connectivity index (χ4n) is 2.00. The Balaban J connectivity index is 0.000000345. The maximum Gasteiger partial charge on any atom is 0.243 e. The highest BCUT2D eigenvalue weighted by atomic mass is 79.9. The summed E-state index contributed by atoms with van der Waals surface area (Å²) in [5.74, 6) is 0. The second-order valence-corrected chi connectivity index (χ2v) is 5.18. The highest BCUT2D eigenvalue weighted by Gasteiger charge is 2.04. The summed E-state index contributed by atoms with van der Waals surface area (Å²) in [4.78, 5) is 4.48. The largest absolute Gasteiger partial charge is 1.00 e. The van der Waals surface area contributed by atoms with E-state index in [4.69, 9.17) is 0 Å². The van der Waals surface area contributed by atoms with Gasteiger partial charge in [0.2, 0.25) is 6.33 Å². The molecule has 20 heavy (non-hydrogen) atoms. The van der Waals surface area contributed by atoms with Gasteiger partial charge in [0.25, 0.3) is 0 Å². The molecule has 0 radical (unpaired) electrons. The molecule has 0 spiro atoms. The Bertz CT molecular complexity index is 376. The fourth-order valence-corrected chi connectivity index (χ4v) is 2.00. The molecule has 1 aliphatic rings. The minimum absolute atomic E-state index is 0. The highest BCUT2D eigenvalue weighted by Crippen LogP contribution is 2.02. The van der Waals surface area contributed by atoms with E-state index >= 15 is 0 Å². The Labute approximate surface area is 134 Å². The van der Waals surface area contributed by atoms with E-state index in [2.05, 4.69) is 71.0 Å². The van der Waals surface area contributed by atoms with Crippen LogP contribution in [-0.4, -0.2) is 34.6 Å². The summed E-state index contributed by atoms with van der Waals surface area (Å²) in [6.45, 7) is 7.81. The molecule has 0 aliphatic carbocycles. The van der Waals surface area contributed by atoms with Crippen molar-refractivity contribution in [2.24, 2.45) is 7.05 Å². The zero-order valence-electron chi connectivity index (χ0n) is 13.3. The molecule has 1 aliphatic heterocycles. The first kappa shape index (κ1) is 19.0. The molecule has 0 saturated heterocycles. The van der Waals surface area contributed by atoms with Crippen molar-refractivity contribution in [1.29, 1.82) is 0 Å². The lowest BCUT2D eigenvalue weighted by Gasteiger charge is -2.16. The molecular formula is C15H29BrN4. The van der Waals surface area contributed by atoms with E-state index < -0.39 is 0 Å². The Morgan fingerprint density at radius 1 is 1.10 bits per heavy atom. The van der Waals surface area contributed by atoms with Gasteiger partial charge >= 0.3 is 0 Å². The zero-order valence-corrected chi connectivity index (χ0v) is 14.9. The summed E-state index contributed by atoms with van der Waals surface area (Å²) in [5, 5.41) is 0. The van der Waals surface area contributed by atoms with Crippen molar-refractivity contribution in [2.45, 2.75) is 39.7 Å². The van der Waals surface area contributed by atoms with Crippen molar-refractivity contribution in [1.82, 2.24) is 14.4 Å². The predicted octanol–water partition coefficient (Wildman–Crippen LogP) is -0.811. The average molecular weight is 345 g/mol. The van der Waals surface area contributed by atoms with E-state index in [-0.39, 0.29) is 17.0 Å². The fraction of sp³-hybridized carbons (Fsp3) is 0.667. The third-order valence-corrected chi connectivity index (χ3v) is 3.04. The number of rotatable bonds is 5. The van der Waals surface area contributed by atoms with Gasteiger partial charge in [-0.15, -0.1) is 0 Å². The average Bonchev–Trinajstić information content (AvgIpc) is 2.97. The predicted molar refractivity (Wildman–Crippen MR) is 79.3 cm³/mol. The molecule has 0 N–H and O–H groups in total. The van der Waals surface area contributed by atoms with E-state index in [0.29, 0.717) is 0 Å². The van der Waals surface area contributed by atoms with Crippen molar-refractivity contribution in [3.8, 4) is 0 Å². The summed E-state index contributed by atoms with van der Waals surface area (Å²) in [7, 11) is 4.13. The van der Waals surface area contributed by atoms with Crippen LogP contribution in [0.1, 0.15) is 33.1 Å². The molecule has 0 bridgehead atoms. The van der Waals surface area contributed by atoms with E-state index in [9.17, 15) is 0 Å². The molecule has 5 heteroatoms.